The van der Waals surface area contributed by atoms with Gasteiger partial charge in [0.05, 0.1) is 11.2 Å². The SMILES string of the molecule is CCC(C)(O)CNC(=O)c1ccc(C#N)cn1. The van der Waals surface area contributed by atoms with Crippen LogP contribution in [0, 0.1) is 11.3 Å². The van der Waals surface area contributed by atoms with Gasteiger partial charge in [0, 0.05) is 12.7 Å². The smallest absolute Gasteiger partial charge is 0.269 e. The predicted molar refractivity (Wildman–Crippen MR) is 62.2 cm³/mol. The molecule has 0 fully saturated rings. The molecule has 0 aliphatic rings. The number of nitrogens with one attached hydrogen (secondary N) is 1. The summed E-state index contributed by atoms with van der Waals surface area (Å²) in [4.78, 5) is 15.5. The minimum Gasteiger partial charge on any atom is -0.388 e. The van der Waals surface area contributed by atoms with Gasteiger partial charge in [0.1, 0.15) is 11.8 Å². The molecule has 0 saturated heterocycles. The molecular weight excluding hydrogens is 218 g/mol. The van der Waals surface area contributed by atoms with E-state index in [-0.39, 0.29) is 18.1 Å². The van der Waals surface area contributed by atoms with Gasteiger partial charge < -0.3 is 10.4 Å². The fourth-order valence-corrected chi connectivity index (χ4v) is 1.08. The van der Waals surface area contributed by atoms with Crippen LogP contribution in [0.1, 0.15) is 36.3 Å². The van der Waals surface area contributed by atoms with Gasteiger partial charge in [-0.15, -0.1) is 0 Å². The van der Waals surface area contributed by atoms with Gasteiger partial charge in [-0.25, -0.2) is 4.98 Å². The van der Waals surface area contributed by atoms with Crippen molar-refractivity contribution in [1.82, 2.24) is 10.3 Å². The second kappa shape index (κ2) is 5.41. The number of nitriles is 1. The molecule has 0 bridgehead atoms. The Morgan fingerprint density at radius 2 is 2.35 bits per heavy atom. The Balaban J connectivity index is 2.62. The van der Waals surface area contributed by atoms with Crippen LogP contribution < -0.4 is 5.32 Å². The van der Waals surface area contributed by atoms with Crippen molar-refractivity contribution in [2.45, 2.75) is 25.9 Å². The summed E-state index contributed by atoms with van der Waals surface area (Å²) in [6, 6.07) is 4.93. The van der Waals surface area contributed by atoms with Crippen molar-refractivity contribution >= 4 is 5.91 Å². The van der Waals surface area contributed by atoms with Gasteiger partial charge in [-0.05, 0) is 25.5 Å². The van der Waals surface area contributed by atoms with Gasteiger partial charge >= 0.3 is 0 Å². The first kappa shape index (κ1) is 13.1. The number of rotatable bonds is 4. The van der Waals surface area contributed by atoms with Gasteiger partial charge in [-0.2, -0.15) is 5.26 Å². The van der Waals surface area contributed by atoms with Gasteiger partial charge in [0.25, 0.3) is 5.91 Å². The Kier molecular flexibility index (Phi) is 4.18. The number of carbonyl (C=O) groups excluding carboxylic acids is 1. The highest BCUT2D eigenvalue weighted by molar-refractivity contribution is 5.92. The Hall–Kier alpha value is -1.93. The fourth-order valence-electron chi connectivity index (χ4n) is 1.08. The summed E-state index contributed by atoms with van der Waals surface area (Å²) >= 11 is 0. The molecule has 0 aliphatic heterocycles. The lowest BCUT2D eigenvalue weighted by Gasteiger charge is -2.21. The van der Waals surface area contributed by atoms with Crippen LogP contribution in [0.2, 0.25) is 0 Å². The highest BCUT2D eigenvalue weighted by Gasteiger charge is 2.19. The third-order valence-electron chi connectivity index (χ3n) is 2.52. The van der Waals surface area contributed by atoms with Crippen molar-refractivity contribution in [2.24, 2.45) is 0 Å². The number of aromatic nitrogens is 1. The molecule has 0 aliphatic carbocycles. The quantitative estimate of drug-likeness (QED) is 0.807. The third-order valence-corrected chi connectivity index (χ3v) is 2.52. The molecule has 0 spiro atoms. The molecule has 2 N–H and O–H groups in total. The summed E-state index contributed by atoms with van der Waals surface area (Å²) in [5, 5.41) is 20.9. The number of aliphatic hydroxyl groups is 1. The van der Waals surface area contributed by atoms with Crippen molar-refractivity contribution < 1.29 is 9.90 Å². The molecule has 1 heterocycles. The van der Waals surface area contributed by atoms with Crippen LogP contribution in [0.3, 0.4) is 0 Å². The van der Waals surface area contributed by atoms with Gasteiger partial charge in [0.2, 0.25) is 0 Å². The molecule has 90 valence electrons. The summed E-state index contributed by atoms with van der Waals surface area (Å²) < 4.78 is 0. The Bertz CT molecular complexity index is 432. The van der Waals surface area contributed by atoms with Crippen LogP contribution in [-0.2, 0) is 0 Å². The number of hydrogen-bond acceptors (Lipinski definition) is 4. The van der Waals surface area contributed by atoms with E-state index in [0.29, 0.717) is 12.0 Å². The van der Waals surface area contributed by atoms with Crippen molar-refractivity contribution in [1.29, 1.82) is 5.26 Å². The molecule has 1 rings (SSSR count). The van der Waals surface area contributed by atoms with Crippen molar-refractivity contribution in [3.63, 3.8) is 0 Å². The van der Waals surface area contributed by atoms with E-state index in [1.165, 1.54) is 18.3 Å². The normalized spacial score (nSPS) is 13.5. The topological polar surface area (TPSA) is 86.0 Å². The Morgan fingerprint density at radius 1 is 1.65 bits per heavy atom. The molecule has 1 amide bonds. The van der Waals surface area contributed by atoms with E-state index in [0.717, 1.165) is 0 Å². The minimum absolute atomic E-state index is 0.171. The van der Waals surface area contributed by atoms with Crippen molar-refractivity contribution in [3.05, 3.63) is 29.6 Å². The maximum absolute atomic E-state index is 11.6. The van der Waals surface area contributed by atoms with Crippen LogP contribution in [-0.4, -0.2) is 28.1 Å². The van der Waals surface area contributed by atoms with E-state index >= 15 is 0 Å². The van der Waals surface area contributed by atoms with Gasteiger partial charge in [0.15, 0.2) is 0 Å². The zero-order valence-corrected chi connectivity index (χ0v) is 9.90. The molecule has 1 atom stereocenters. The molecule has 0 radical (unpaired) electrons. The predicted octanol–water partition coefficient (Wildman–Crippen LogP) is 0.844. The average Bonchev–Trinajstić information content (AvgIpc) is 2.36. The first-order chi connectivity index (χ1) is 7.98. The van der Waals surface area contributed by atoms with Gasteiger partial charge in [-0.1, -0.05) is 6.92 Å². The Morgan fingerprint density at radius 3 is 2.82 bits per heavy atom. The lowest BCUT2D eigenvalue weighted by Crippen LogP contribution is -2.40. The Labute approximate surface area is 100 Å². The largest absolute Gasteiger partial charge is 0.388 e. The molecule has 1 unspecified atom stereocenters. The molecule has 5 heteroatoms. The number of amides is 1. The lowest BCUT2D eigenvalue weighted by atomic mass is 10.0. The van der Waals surface area contributed by atoms with E-state index in [2.05, 4.69) is 10.3 Å². The fraction of sp³-hybridized carbons (Fsp3) is 0.417. The van der Waals surface area contributed by atoms with E-state index in [1.807, 2.05) is 13.0 Å². The van der Waals surface area contributed by atoms with E-state index in [4.69, 9.17) is 5.26 Å². The summed E-state index contributed by atoms with van der Waals surface area (Å²) in [6.07, 6.45) is 1.89. The first-order valence-electron chi connectivity index (χ1n) is 5.35. The van der Waals surface area contributed by atoms with Gasteiger partial charge in [-0.3, -0.25) is 4.79 Å². The molecule has 0 aromatic carbocycles. The zero-order valence-electron chi connectivity index (χ0n) is 9.90. The second-order valence-corrected chi connectivity index (χ2v) is 4.08. The van der Waals surface area contributed by atoms with Crippen LogP contribution >= 0.6 is 0 Å². The van der Waals surface area contributed by atoms with Crippen LogP contribution in [0.5, 0.6) is 0 Å². The molecule has 1 aromatic heterocycles. The highest BCUT2D eigenvalue weighted by Crippen LogP contribution is 2.06. The number of carbonyl (C=O) groups is 1. The maximum atomic E-state index is 11.6. The zero-order chi connectivity index (χ0) is 12.9. The second-order valence-electron chi connectivity index (χ2n) is 4.08. The minimum atomic E-state index is -0.914. The highest BCUT2D eigenvalue weighted by atomic mass is 16.3. The number of nitrogens with zero attached hydrogens (tertiary/aromatic N) is 2. The number of pyridine rings is 1. The summed E-state index contributed by atoms with van der Waals surface area (Å²) in [5.74, 6) is -0.358. The van der Waals surface area contributed by atoms with E-state index in [9.17, 15) is 9.90 Å². The third kappa shape index (κ3) is 3.85. The van der Waals surface area contributed by atoms with Crippen LogP contribution in [0.15, 0.2) is 18.3 Å². The summed E-state index contributed by atoms with van der Waals surface area (Å²) in [6.45, 7) is 3.66. The summed E-state index contributed by atoms with van der Waals surface area (Å²) in [5.41, 5.74) is -0.277. The lowest BCUT2D eigenvalue weighted by molar-refractivity contribution is 0.0517. The first-order valence-corrected chi connectivity index (χ1v) is 5.35. The molecule has 17 heavy (non-hydrogen) atoms. The van der Waals surface area contributed by atoms with E-state index < -0.39 is 5.60 Å². The monoisotopic (exact) mass is 233 g/mol. The molecule has 5 nitrogen and oxygen atoms in total. The van der Waals surface area contributed by atoms with Crippen LogP contribution in [0.25, 0.3) is 0 Å². The molecule has 0 saturated carbocycles. The average molecular weight is 233 g/mol. The standard InChI is InChI=1S/C12H15N3O2/c1-3-12(2,17)8-15-11(16)10-5-4-9(6-13)7-14-10/h4-5,7,17H,3,8H2,1-2H3,(H,15,16). The maximum Gasteiger partial charge on any atom is 0.269 e. The molecular formula is C12H15N3O2. The van der Waals surface area contributed by atoms with Crippen molar-refractivity contribution in [2.75, 3.05) is 6.54 Å². The summed E-state index contributed by atoms with van der Waals surface area (Å²) in [7, 11) is 0. The van der Waals surface area contributed by atoms with Crippen LogP contribution in [0.4, 0.5) is 0 Å². The van der Waals surface area contributed by atoms with Crippen molar-refractivity contribution in [3.8, 4) is 6.07 Å². The van der Waals surface area contributed by atoms with E-state index in [1.54, 1.807) is 6.92 Å². The molecule has 1 aromatic rings. The number of hydrogen-bond donors (Lipinski definition) is 2.